The van der Waals surface area contributed by atoms with Crippen molar-refractivity contribution in [3.63, 3.8) is 0 Å². The molecular formula is C19H21NO2S. The van der Waals surface area contributed by atoms with Crippen LogP contribution in [0.15, 0.2) is 46.9 Å². The van der Waals surface area contributed by atoms with Crippen LogP contribution in [-0.4, -0.2) is 11.7 Å². The fraction of sp³-hybridized carbons (Fsp3) is 0.368. The molecule has 1 saturated carbocycles. The van der Waals surface area contributed by atoms with Crippen LogP contribution in [0.5, 0.6) is 0 Å². The van der Waals surface area contributed by atoms with E-state index in [1.54, 1.807) is 6.07 Å². The Kier molecular flexibility index (Phi) is 4.62. The second-order valence-corrected chi connectivity index (χ2v) is 7.31. The van der Waals surface area contributed by atoms with E-state index in [1.807, 2.05) is 18.4 Å². The van der Waals surface area contributed by atoms with Crippen molar-refractivity contribution >= 4 is 23.0 Å². The maximum atomic E-state index is 11.8. The van der Waals surface area contributed by atoms with Gasteiger partial charge >= 0.3 is 5.97 Å². The van der Waals surface area contributed by atoms with E-state index >= 15 is 0 Å². The molecule has 0 saturated heterocycles. The second kappa shape index (κ2) is 6.67. The summed E-state index contributed by atoms with van der Waals surface area (Å²) < 4.78 is 0. The number of hydrogen-bond donors (Lipinski definition) is 0. The van der Waals surface area contributed by atoms with Crippen molar-refractivity contribution in [2.24, 2.45) is 11.1 Å². The zero-order chi connectivity index (χ0) is 16.4. The lowest BCUT2D eigenvalue weighted by Crippen LogP contribution is -2.03. The average molecular weight is 327 g/mol. The summed E-state index contributed by atoms with van der Waals surface area (Å²) in [5.74, 6) is 1.06. The van der Waals surface area contributed by atoms with Gasteiger partial charge in [-0.05, 0) is 47.8 Å². The predicted octanol–water partition coefficient (Wildman–Crippen LogP) is 5.21. The fourth-order valence-corrected chi connectivity index (χ4v) is 3.37. The van der Waals surface area contributed by atoms with Crippen LogP contribution >= 0.6 is 11.3 Å². The summed E-state index contributed by atoms with van der Waals surface area (Å²) in [4.78, 5) is 17.4. The van der Waals surface area contributed by atoms with Crippen LogP contribution in [0, 0.1) is 5.92 Å². The van der Waals surface area contributed by atoms with Gasteiger partial charge in [0, 0.05) is 5.92 Å². The second-order valence-electron chi connectivity index (χ2n) is 6.36. The third kappa shape index (κ3) is 3.70. The molecule has 1 aliphatic rings. The zero-order valence-corrected chi connectivity index (χ0v) is 14.5. The van der Waals surface area contributed by atoms with E-state index in [9.17, 15) is 4.79 Å². The lowest BCUT2D eigenvalue weighted by molar-refractivity contribution is 0.0520. The van der Waals surface area contributed by atoms with Crippen molar-refractivity contribution in [1.82, 2.24) is 0 Å². The van der Waals surface area contributed by atoms with Crippen molar-refractivity contribution in [3.05, 3.63) is 57.8 Å². The van der Waals surface area contributed by atoms with E-state index in [4.69, 9.17) is 4.84 Å². The van der Waals surface area contributed by atoms with Gasteiger partial charge in [0.05, 0.1) is 5.71 Å². The van der Waals surface area contributed by atoms with E-state index in [-0.39, 0.29) is 5.97 Å². The lowest BCUT2D eigenvalue weighted by Gasteiger charge is -2.06. The van der Waals surface area contributed by atoms with E-state index in [0.717, 1.165) is 12.1 Å². The van der Waals surface area contributed by atoms with Crippen LogP contribution in [0.1, 0.15) is 59.8 Å². The Morgan fingerprint density at radius 2 is 2.00 bits per heavy atom. The van der Waals surface area contributed by atoms with Gasteiger partial charge in [-0.25, -0.2) is 4.79 Å². The van der Waals surface area contributed by atoms with Crippen molar-refractivity contribution in [1.29, 1.82) is 0 Å². The highest BCUT2D eigenvalue weighted by molar-refractivity contribution is 7.11. The molecule has 23 heavy (non-hydrogen) atoms. The number of thiophene rings is 1. The van der Waals surface area contributed by atoms with Crippen LogP contribution in [0.4, 0.5) is 0 Å². The van der Waals surface area contributed by atoms with Gasteiger partial charge in [-0.1, -0.05) is 49.3 Å². The molecule has 1 fully saturated rings. The molecule has 0 bridgehead atoms. The van der Waals surface area contributed by atoms with E-state index < -0.39 is 0 Å². The highest BCUT2D eigenvalue weighted by Gasteiger charge is 2.40. The minimum Gasteiger partial charge on any atom is -0.312 e. The fourth-order valence-electron chi connectivity index (χ4n) is 2.77. The molecule has 2 aromatic rings. The molecule has 120 valence electrons. The largest absolute Gasteiger partial charge is 0.375 e. The molecule has 4 heteroatoms. The number of benzene rings is 1. The van der Waals surface area contributed by atoms with Crippen molar-refractivity contribution in [3.8, 4) is 0 Å². The van der Waals surface area contributed by atoms with Gasteiger partial charge in [-0.15, -0.1) is 11.3 Å². The van der Waals surface area contributed by atoms with Crippen LogP contribution in [0.25, 0.3) is 0 Å². The smallest absolute Gasteiger partial charge is 0.312 e. The van der Waals surface area contributed by atoms with Crippen molar-refractivity contribution < 1.29 is 9.63 Å². The summed E-state index contributed by atoms with van der Waals surface area (Å²) >= 11 is 1.36. The number of carbonyl (C=O) groups excluding carboxylic acids is 1. The summed E-state index contributed by atoms with van der Waals surface area (Å²) in [5, 5.41) is 5.89. The number of carbonyl (C=O) groups is 1. The lowest BCUT2D eigenvalue weighted by atomic mass is 9.99. The summed E-state index contributed by atoms with van der Waals surface area (Å²) in [7, 11) is 0. The Bertz CT molecular complexity index is 701. The maximum absolute atomic E-state index is 11.8. The van der Waals surface area contributed by atoms with Crippen LogP contribution < -0.4 is 0 Å². The third-order valence-corrected chi connectivity index (χ3v) is 5.20. The van der Waals surface area contributed by atoms with Crippen LogP contribution in [-0.2, 0) is 4.84 Å². The molecule has 1 aromatic carbocycles. The standard InChI is InChI=1S/C19H21NO2S/c1-12(2)14-6-8-15(9-7-14)17-11-16(17)13(3)20-22-19(21)18-5-4-10-23-18/h4-10,12,16-17H,11H2,1-3H3/b20-13-/t16-,17-/m1/s1. The van der Waals surface area contributed by atoms with Crippen LogP contribution in [0.3, 0.4) is 0 Å². The molecule has 0 aliphatic heterocycles. The summed E-state index contributed by atoms with van der Waals surface area (Å²) in [6.45, 7) is 6.34. The minimum atomic E-state index is -0.377. The molecule has 3 nitrogen and oxygen atoms in total. The van der Waals surface area contributed by atoms with Crippen molar-refractivity contribution in [2.75, 3.05) is 0 Å². The SMILES string of the molecule is C/C(=N/OC(=O)c1cccs1)[C@H]1C[C@@H]1c1ccc(C(C)C)cc1. The highest BCUT2D eigenvalue weighted by atomic mass is 32.1. The molecule has 0 spiro atoms. The molecule has 0 N–H and O–H groups in total. The first-order valence-corrected chi connectivity index (χ1v) is 8.83. The molecular weight excluding hydrogens is 306 g/mol. The zero-order valence-electron chi connectivity index (χ0n) is 13.7. The molecule has 1 aliphatic carbocycles. The first kappa shape index (κ1) is 15.9. The highest BCUT2D eigenvalue weighted by Crippen LogP contribution is 2.48. The monoisotopic (exact) mass is 327 g/mol. The van der Waals surface area contributed by atoms with E-state index in [1.165, 1.54) is 22.5 Å². The Balaban J connectivity index is 1.59. The third-order valence-electron chi connectivity index (χ3n) is 4.35. The molecule has 0 radical (unpaired) electrons. The molecule has 3 rings (SSSR count). The Morgan fingerprint density at radius 3 is 2.61 bits per heavy atom. The molecule has 1 aromatic heterocycles. The van der Waals surface area contributed by atoms with Gasteiger partial charge in [-0.2, -0.15) is 0 Å². The predicted molar refractivity (Wildman–Crippen MR) is 94.2 cm³/mol. The van der Waals surface area contributed by atoms with E-state index in [2.05, 4.69) is 43.3 Å². The number of nitrogens with zero attached hydrogens (tertiary/aromatic N) is 1. The van der Waals surface area contributed by atoms with Gasteiger partial charge in [0.1, 0.15) is 4.88 Å². The Hall–Kier alpha value is -1.94. The Labute approximate surface area is 141 Å². The van der Waals surface area contributed by atoms with Gasteiger partial charge in [0.2, 0.25) is 0 Å². The van der Waals surface area contributed by atoms with Gasteiger partial charge in [-0.3, -0.25) is 0 Å². The first-order chi connectivity index (χ1) is 11.1. The van der Waals surface area contributed by atoms with Gasteiger partial charge in [0.25, 0.3) is 0 Å². The quantitative estimate of drug-likeness (QED) is 0.430. The normalized spacial score (nSPS) is 20.6. The topological polar surface area (TPSA) is 38.7 Å². The molecule has 0 amide bonds. The number of oxime groups is 1. The molecule has 1 heterocycles. The summed E-state index contributed by atoms with van der Waals surface area (Å²) in [6.07, 6.45) is 1.08. The number of hydrogen-bond acceptors (Lipinski definition) is 4. The maximum Gasteiger partial charge on any atom is 0.375 e. The molecule has 2 atom stereocenters. The van der Waals surface area contributed by atoms with E-state index in [0.29, 0.717) is 22.6 Å². The van der Waals surface area contributed by atoms with Crippen molar-refractivity contribution in [2.45, 2.75) is 39.0 Å². The Morgan fingerprint density at radius 1 is 1.26 bits per heavy atom. The number of rotatable bonds is 5. The molecule has 0 unspecified atom stereocenters. The van der Waals surface area contributed by atoms with Crippen LogP contribution in [0.2, 0.25) is 0 Å². The first-order valence-electron chi connectivity index (χ1n) is 7.95. The van der Waals surface area contributed by atoms with Gasteiger partial charge < -0.3 is 4.84 Å². The average Bonchev–Trinajstić information content (AvgIpc) is 3.17. The summed E-state index contributed by atoms with van der Waals surface area (Å²) in [6, 6.07) is 12.4. The minimum absolute atomic E-state index is 0.377. The summed E-state index contributed by atoms with van der Waals surface area (Å²) in [5.41, 5.74) is 3.60. The van der Waals surface area contributed by atoms with Gasteiger partial charge in [0.15, 0.2) is 0 Å².